The van der Waals surface area contributed by atoms with E-state index >= 15 is 0 Å². The van der Waals surface area contributed by atoms with Crippen molar-refractivity contribution in [2.75, 3.05) is 12.1 Å². The highest BCUT2D eigenvalue weighted by Crippen LogP contribution is 2.19. The molecule has 1 aromatic rings. The van der Waals surface area contributed by atoms with E-state index in [4.69, 9.17) is 5.84 Å². The van der Waals surface area contributed by atoms with Crippen molar-refractivity contribution < 1.29 is 8.42 Å². The van der Waals surface area contributed by atoms with Crippen LogP contribution in [0.5, 0.6) is 0 Å². The lowest BCUT2D eigenvalue weighted by Gasteiger charge is -2.16. The van der Waals surface area contributed by atoms with E-state index in [1.54, 1.807) is 19.9 Å². The number of sulfonamides is 1. The summed E-state index contributed by atoms with van der Waals surface area (Å²) in [4.78, 5) is 4.01. The Bertz CT molecular complexity index is 456. The SMILES string of the molecule is CC(C)NS(=O)(=O)c1cccnc1N(C)N. The first-order valence-corrected chi connectivity index (χ1v) is 6.28. The topological polar surface area (TPSA) is 88.3 Å². The number of hydrazine groups is 1. The van der Waals surface area contributed by atoms with E-state index in [0.717, 1.165) is 0 Å². The smallest absolute Gasteiger partial charge is 0.244 e. The molecular weight excluding hydrogens is 228 g/mol. The number of nitrogens with one attached hydrogen (secondary N) is 1. The first kappa shape index (κ1) is 12.9. The summed E-state index contributed by atoms with van der Waals surface area (Å²) in [6.07, 6.45) is 1.49. The van der Waals surface area contributed by atoms with E-state index in [0.29, 0.717) is 0 Å². The molecule has 1 heterocycles. The van der Waals surface area contributed by atoms with Crippen LogP contribution >= 0.6 is 0 Å². The summed E-state index contributed by atoms with van der Waals surface area (Å²) in [5.41, 5.74) is 0. The molecule has 3 N–H and O–H groups in total. The van der Waals surface area contributed by atoms with Gasteiger partial charge in [-0.25, -0.2) is 24.0 Å². The molecule has 0 fully saturated rings. The third-order valence-electron chi connectivity index (χ3n) is 1.77. The summed E-state index contributed by atoms with van der Waals surface area (Å²) in [6.45, 7) is 3.50. The molecule has 0 spiro atoms. The summed E-state index contributed by atoms with van der Waals surface area (Å²) in [7, 11) is -2.03. The van der Waals surface area contributed by atoms with E-state index in [2.05, 4.69) is 9.71 Å². The Morgan fingerprint density at radius 2 is 2.12 bits per heavy atom. The van der Waals surface area contributed by atoms with Crippen molar-refractivity contribution in [1.29, 1.82) is 0 Å². The predicted octanol–water partition coefficient (Wildman–Crippen LogP) is 0.0782. The van der Waals surface area contributed by atoms with Crippen LogP contribution in [0.15, 0.2) is 23.2 Å². The molecule has 0 bridgehead atoms. The number of rotatable bonds is 4. The van der Waals surface area contributed by atoms with Gasteiger partial charge in [-0.1, -0.05) is 0 Å². The van der Waals surface area contributed by atoms with Gasteiger partial charge in [-0.3, -0.25) is 5.01 Å². The molecule has 6 nitrogen and oxygen atoms in total. The van der Waals surface area contributed by atoms with Crippen molar-refractivity contribution in [3.63, 3.8) is 0 Å². The van der Waals surface area contributed by atoms with Gasteiger partial charge in [-0.05, 0) is 26.0 Å². The van der Waals surface area contributed by atoms with Crippen molar-refractivity contribution in [2.45, 2.75) is 24.8 Å². The molecule has 0 radical (unpaired) electrons. The molecule has 16 heavy (non-hydrogen) atoms. The van der Waals surface area contributed by atoms with Crippen LogP contribution in [-0.4, -0.2) is 26.5 Å². The maximum atomic E-state index is 11.9. The fourth-order valence-corrected chi connectivity index (χ4v) is 2.67. The molecule has 0 saturated heterocycles. The normalized spacial score (nSPS) is 11.8. The van der Waals surface area contributed by atoms with Crippen molar-refractivity contribution in [1.82, 2.24) is 9.71 Å². The number of nitrogens with two attached hydrogens (primary N) is 1. The molecule has 0 atom stereocenters. The fourth-order valence-electron chi connectivity index (χ4n) is 1.23. The Morgan fingerprint density at radius 3 is 2.62 bits per heavy atom. The van der Waals surface area contributed by atoms with Gasteiger partial charge < -0.3 is 0 Å². The minimum atomic E-state index is -3.57. The molecule has 1 rings (SSSR count). The number of hydrogen-bond donors (Lipinski definition) is 2. The van der Waals surface area contributed by atoms with Crippen LogP contribution in [0.4, 0.5) is 5.82 Å². The van der Waals surface area contributed by atoms with Gasteiger partial charge in [0.1, 0.15) is 4.90 Å². The minimum Gasteiger partial charge on any atom is -0.297 e. The monoisotopic (exact) mass is 244 g/mol. The molecule has 0 aromatic carbocycles. The maximum absolute atomic E-state index is 11.9. The number of hydrogen-bond acceptors (Lipinski definition) is 5. The van der Waals surface area contributed by atoms with E-state index in [1.807, 2.05) is 0 Å². The number of aromatic nitrogens is 1. The van der Waals surface area contributed by atoms with Crippen molar-refractivity contribution >= 4 is 15.8 Å². The number of anilines is 1. The van der Waals surface area contributed by atoms with Crippen molar-refractivity contribution in [3.8, 4) is 0 Å². The zero-order valence-electron chi connectivity index (χ0n) is 9.51. The summed E-state index contributed by atoms with van der Waals surface area (Å²) in [5, 5.41) is 1.18. The summed E-state index contributed by atoms with van der Waals surface area (Å²) < 4.78 is 26.3. The average Bonchev–Trinajstić information content (AvgIpc) is 2.15. The van der Waals surface area contributed by atoms with Crippen LogP contribution in [0.2, 0.25) is 0 Å². The highest BCUT2D eigenvalue weighted by Gasteiger charge is 2.21. The fraction of sp³-hybridized carbons (Fsp3) is 0.444. The largest absolute Gasteiger partial charge is 0.297 e. The van der Waals surface area contributed by atoms with Crippen molar-refractivity contribution in [2.24, 2.45) is 5.84 Å². The Kier molecular flexibility index (Phi) is 3.84. The van der Waals surface area contributed by atoms with Crippen LogP contribution in [0.3, 0.4) is 0 Å². The second-order valence-electron chi connectivity index (χ2n) is 3.71. The summed E-state index contributed by atoms with van der Waals surface area (Å²) in [5.74, 6) is 5.74. The second-order valence-corrected chi connectivity index (χ2v) is 5.39. The highest BCUT2D eigenvalue weighted by molar-refractivity contribution is 7.89. The first-order valence-electron chi connectivity index (χ1n) is 4.80. The molecule has 0 aliphatic carbocycles. The van der Waals surface area contributed by atoms with E-state index in [9.17, 15) is 8.42 Å². The maximum Gasteiger partial charge on any atom is 0.244 e. The lowest BCUT2D eigenvalue weighted by Crippen LogP contribution is -2.34. The van der Waals surface area contributed by atoms with Gasteiger partial charge in [-0.2, -0.15) is 0 Å². The van der Waals surface area contributed by atoms with Gasteiger partial charge in [-0.15, -0.1) is 0 Å². The van der Waals surface area contributed by atoms with E-state index in [-0.39, 0.29) is 16.8 Å². The van der Waals surface area contributed by atoms with Gasteiger partial charge in [0.25, 0.3) is 0 Å². The quantitative estimate of drug-likeness (QED) is 0.578. The van der Waals surface area contributed by atoms with Gasteiger partial charge in [0.15, 0.2) is 5.82 Å². The first-order chi connectivity index (χ1) is 7.34. The van der Waals surface area contributed by atoms with E-state index in [1.165, 1.54) is 24.3 Å². The van der Waals surface area contributed by atoms with Gasteiger partial charge >= 0.3 is 0 Å². The molecule has 0 aliphatic heterocycles. The van der Waals surface area contributed by atoms with Gasteiger partial charge in [0, 0.05) is 19.3 Å². The lowest BCUT2D eigenvalue weighted by molar-refractivity contribution is 0.569. The number of nitrogens with zero attached hydrogens (tertiary/aromatic N) is 2. The molecule has 0 saturated carbocycles. The predicted molar refractivity (Wildman–Crippen MR) is 62.3 cm³/mol. The average molecular weight is 244 g/mol. The zero-order chi connectivity index (χ0) is 12.3. The Balaban J connectivity index is 3.22. The van der Waals surface area contributed by atoms with Gasteiger partial charge in [0.2, 0.25) is 10.0 Å². The molecule has 0 aliphatic rings. The molecule has 0 unspecified atom stereocenters. The minimum absolute atomic E-state index is 0.0775. The highest BCUT2D eigenvalue weighted by atomic mass is 32.2. The molecular formula is C9H16N4O2S. The molecule has 7 heteroatoms. The molecule has 0 amide bonds. The van der Waals surface area contributed by atoms with Crippen LogP contribution < -0.4 is 15.6 Å². The third kappa shape index (κ3) is 2.91. The van der Waals surface area contributed by atoms with Crippen LogP contribution in [0.1, 0.15) is 13.8 Å². The van der Waals surface area contributed by atoms with Crippen LogP contribution in [-0.2, 0) is 10.0 Å². The molecule has 1 aromatic heterocycles. The summed E-state index contributed by atoms with van der Waals surface area (Å²) in [6, 6.07) is 2.85. The van der Waals surface area contributed by atoms with Crippen LogP contribution in [0, 0.1) is 0 Å². The Hall–Kier alpha value is -1.18. The zero-order valence-corrected chi connectivity index (χ0v) is 10.3. The second kappa shape index (κ2) is 4.77. The van der Waals surface area contributed by atoms with Crippen LogP contribution in [0.25, 0.3) is 0 Å². The van der Waals surface area contributed by atoms with Gasteiger partial charge in [0.05, 0.1) is 0 Å². The molecule has 90 valence electrons. The Morgan fingerprint density at radius 1 is 1.50 bits per heavy atom. The third-order valence-corrected chi connectivity index (χ3v) is 3.44. The standard InChI is InChI=1S/C9H16N4O2S/c1-7(2)12-16(14,15)8-5-4-6-11-9(8)13(3)10/h4-7,12H,10H2,1-3H3. The van der Waals surface area contributed by atoms with E-state index < -0.39 is 10.0 Å². The van der Waals surface area contributed by atoms with Crippen molar-refractivity contribution in [3.05, 3.63) is 18.3 Å². The lowest BCUT2D eigenvalue weighted by atomic mass is 10.4. The number of pyridine rings is 1. The Labute approximate surface area is 95.5 Å². The summed E-state index contributed by atoms with van der Waals surface area (Å²) >= 11 is 0.